The van der Waals surface area contributed by atoms with Gasteiger partial charge in [-0.3, -0.25) is 9.10 Å². The minimum atomic E-state index is -3.76. The fourth-order valence-corrected chi connectivity index (χ4v) is 4.21. The maximum Gasteiger partial charge on any atom is 0.240 e. The van der Waals surface area contributed by atoms with Crippen molar-refractivity contribution in [3.05, 3.63) is 62.6 Å². The van der Waals surface area contributed by atoms with Crippen molar-refractivity contribution < 1.29 is 13.2 Å². The first-order valence-electron chi connectivity index (χ1n) is 8.52. The van der Waals surface area contributed by atoms with Crippen LogP contribution in [0, 0.1) is 6.92 Å². The first-order valence-corrected chi connectivity index (χ1v) is 11.5. The van der Waals surface area contributed by atoms with Crippen LogP contribution >= 0.6 is 34.8 Å². The van der Waals surface area contributed by atoms with E-state index >= 15 is 0 Å². The number of rotatable bonds is 8. The predicted molar refractivity (Wildman–Crippen MR) is 116 cm³/mol. The highest BCUT2D eigenvalue weighted by Gasteiger charge is 2.24. The van der Waals surface area contributed by atoms with Crippen LogP contribution in [-0.4, -0.2) is 33.7 Å². The molecule has 0 bridgehead atoms. The quantitative estimate of drug-likeness (QED) is 0.464. The van der Waals surface area contributed by atoms with Crippen molar-refractivity contribution in [2.24, 2.45) is 0 Å². The third kappa shape index (κ3) is 6.55. The molecule has 0 heterocycles. The van der Waals surface area contributed by atoms with Crippen LogP contribution in [0.3, 0.4) is 0 Å². The van der Waals surface area contributed by atoms with Gasteiger partial charge < -0.3 is 5.32 Å². The summed E-state index contributed by atoms with van der Waals surface area (Å²) >= 11 is 18.0. The normalized spacial score (nSPS) is 11.3. The molecular formula is C19H21Cl3N2O3S. The Balaban J connectivity index is 1.99. The summed E-state index contributed by atoms with van der Waals surface area (Å²) in [6, 6.07) is 10.8. The monoisotopic (exact) mass is 462 g/mol. The van der Waals surface area contributed by atoms with Crippen molar-refractivity contribution in [1.29, 1.82) is 0 Å². The Morgan fingerprint density at radius 1 is 1.07 bits per heavy atom. The molecule has 0 atom stereocenters. The number of carbonyl (C=O) groups excluding carboxylic acids is 1. The third-order valence-corrected chi connectivity index (χ3v) is 6.14. The van der Waals surface area contributed by atoms with Gasteiger partial charge in [-0.2, -0.15) is 0 Å². The molecule has 0 aliphatic heterocycles. The average molecular weight is 464 g/mol. The van der Waals surface area contributed by atoms with E-state index in [1.54, 1.807) is 0 Å². The molecule has 0 aromatic heterocycles. The molecule has 152 valence electrons. The van der Waals surface area contributed by atoms with E-state index in [1.165, 1.54) is 23.3 Å². The molecule has 2 aromatic carbocycles. The van der Waals surface area contributed by atoms with Crippen LogP contribution in [0.4, 0.5) is 5.69 Å². The van der Waals surface area contributed by atoms with E-state index < -0.39 is 22.5 Å². The summed E-state index contributed by atoms with van der Waals surface area (Å²) in [5.41, 5.74) is 2.48. The molecule has 0 saturated carbocycles. The SMILES string of the molecule is Cc1cccc(CCCNC(=O)CN(c2cc(Cl)c(Cl)cc2Cl)S(C)(=O)=O)c1. The molecule has 0 aliphatic rings. The van der Waals surface area contributed by atoms with Gasteiger partial charge in [-0.25, -0.2) is 8.42 Å². The molecule has 0 unspecified atom stereocenters. The van der Waals surface area contributed by atoms with E-state index in [0.717, 1.165) is 23.4 Å². The van der Waals surface area contributed by atoms with E-state index in [1.807, 2.05) is 25.1 Å². The minimum absolute atomic E-state index is 0.0899. The number of nitrogens with zero attached hydrogens (tertiary/aromatic N) is 1. The van der Waals surface area contributed by atoms with Gasteiger partial charge in [0, 0.05) is 6.54 Å². The van der Waals surface area contributed by atoms with Crippen LogP contribution in [-0.2, 0) is 21.2 Å². The zero-order valence-electron chi connectivity index (χ0n) is 15.5. The van der Waals surface area contributed by atoms with Crippen LogP contribution in [0.2, 0.25) is 15.1 Å². The van der Waals surface area contributed by atoms with E-state index in [0.29, 0.717) is 6.54 Å². The number of sulfonamides is 1. The summed E-state index contributed by atoms with van der Waals surface area (Å²) in [5.74, 6) is -0.434. The second-order valence-electron chi connectivity index (χ2n) is 6.43. The van der Waals surface area contributed by atoms with Crippen molar-refractivity contribution >= 4 is 56.4 Å². The Morgan fingerprint density at radius 3 is 2.39 bits per heavy atom. The highest BCUT2D eigenvalue weighted by atomic mass is 35.5. The number of nitrogens with one attached hydrogen (secondary N) is 1. The lowest BCUT2D eigenvalue weighted by Gasteiger charge is -2.23. The lowest BCUT2D eigenvalue weighted by atomic mass is 10.1. The molecule has 0 fully saturated rings. The van der Waals surface area contributed by atoms with E-state index in [4.69, 9.17) is 34.8 Å². The highest BCUT2D eigenvalue weighted by Crippen LogP contribution is 2.35. The van der Waals surface area contributed by atoms with Crippen molar-refractivity contribution in [2.75, 3.05) is 23.7 Å². The van der Waals surface area contributed by atoms with Crippen LogP contribution in [0.15, 0.2) is 36.4 Å². The molecule has 0 saturated heterocycles. The van der Waals surface area contributed by atoms with Gasteiger partial charge in [0.2, 0.25) is 15.9 Å². The lowest BCUT2D eigenvalue weighted by molar-refractivity contribution is -0.119. The van der Waals surface area contributed by atoms with Crippen molar-refractivity contribution in [3.63, 3.8) is 0 Å². The maximum absolute atomic E-state index is 12.3. The number of halogens is 3. The Hall–Kier alpha value is -1.47. The molecule has 28 heavy (non-hydrogen) atoms. The van der Waals surface area contributed by atoms with Crippen LogP contribution < -0.4 is 9.62 Å². The summed E-state index contributed by atoms with van der Waals surface area (Å²) < 4.78 is 25.3. The molecule has 9 heteroatoms. The summed E-state index contributed by atoms with van der Waals surface area (Å²) in [7, 11) is -3.76. The largest absolute Gasteiger partial charge is 0.355 e. The van der Waals surface area contributed by atoms with Crippen LogP contribution in [0.25, 0.3) is 0 Å². The number of amides is 1. The first-order chi connectivity index (χ1) is 13.1. The Labute approximate surface area is 180 Å². The van der Waals surface area contributed by atoms with Gasteiger partial charge in [-0.05, 0) is 37.5 Å². The Kier molecular flexibility index (Phi) is 8.01. The second kappa shape index (κ2) is 9.83. The third-order valence-electron chi connectivity index (χ3n) is 3.99. The first kappa shape index (κ1) is 22.8. The number of carbonyl (C=O) groups is 1. The molecule has 0 spiro atoms. The zero-order chi connectivity index (χ0) is 20.9. The fourth-order valence-electron chi connectivity index (χ4n) is 2.66. The summed E-state index contributed by atoms with van der Waals surface area (Å²) in [4.78, 5) is 12.3. The van der Waals surface area contributed by atoms with E-state index in [9.17, 15) is 13.2 Å². The summed E-state index contributed by atoms with van der Waals surface area (Å²) in [6.45, 7) is 2.06. The molecule has 1 amide bonds. The van der Waals surface area contributed by atoms with E-state index in [-0.39, 0.29) is 20.8 Å². The minimum Gasteiger partial charge on any atom is -0.355 e. The van der Waals surface area contributed by atoms with Gasteiger partial charge in [-0.15, -0.1) is 0 Å². The van der Waals surface area contributed by atoms with Crippen molar-refractivity contribution in [2.45, 2.75) is 19.8 Å². The van der Waals surface area contributed by atoms with Gasteiger partial charge in [-0.1, -0.05) is 64.6 Å². The molecular weight excluding hydrogens is 443 g/mol. The number of hydrogen-bond donors (Lipinski definition) is 1. The fraction of sp³-hybridized carbons (Fsp3) is 0.316. The number of anilines is 1. The van der Waals surface area contributed by atoms with Crippen LogP contribution in [0.5, 0.6) is 0 Å². The Morgan fingerprint density at radius 2 is 1.75 bits per heavy atom. The van der Waals surface area contributed by atoms with Gasteiger partial charge >= 0.3 is 0 Å². The van der Waals surface area contributed by atoms with Gasteiger partial charge in [0.25, 0.3) is 0 Å². The topological polar surface area (TPSA) is 66.5 Å². The molecule has 1 N–H and O–H groups in total. The smallest absolute Gasteiger partial charge is 0.240 e. The number of hydrogen-bond acceptors (Lipinski definition) is 3. The van der Waals surface area contributed by atoms with Gasteiger partial charge in [0.1, 0.15) is 6.54 Å². The lowest BCUT2D eigenvalue weighted by Crippen LogP contribution is -2.40. The van der Waals surface area contributed by atoms with Gasteiger partial charge in [0.05, 0.1) is 27.0 Å². The second-order valence-corrected chi connectivity index (χ2v) is 9.56. The number of benzene rings is 2. The van der Waals surface area contributed by atoms with Crippen molar-refractivity contribution in [3.8, 4) is 0 Å². The molecule has 0 radical (unpaired) electrons. The van der Waals surface area contributed by atoms with E-state index in [2.05, 4.69) is 11.4 Å². The predicted octanol–water partition coefficient (Wildman–Crippen LogP) is 4.47. The summed E-state index contributed by atoms with van der Waals surface area (Å²) in [6.07, 6.45) is 2.55. The molecule has 5 nitrogen and oxygen atoms in total. The van der Waals surface area contributed by atoms with Crippen LogP contribution in [0.1, 0.15) is 17.5 Å². The standard InChI is InChI=1S/C19H21Cl3N2O3S/c1-13-5-3-6-14(9-13)7-4-8-23-19(25)12-24(28(2,26)27)18-11-16(21)15(20)10-17(18)22/h3,5-6,9-11H,4,7-8,12H2,1-2H3,(H,23,25). The van der Waals surface area contributed by atoms with Gasteiger partial charge in [0.15, 0.2) is 0 Å². The molecule has 0 aliphatic carbocycles. The molecule has 2 aromatic rings. The molecule has 2 rings (SSSR count). The zero-order valence-corrected chi connectivity index (χ0v) is 18.6. The highest BCUT2D eigenvalue weighted by molar-refractivity contribution is 7.92. The summed E-state index contributed by atoms with van der Waals surface area (Å²) in [5, 5.41) is 3.17. The average Bonchev–Trinajstić information content (AvgIpc) is 2.59. The maximum atomic E-state index is 12.3. The van der Waals surface area contributed by atoms with Crippen molar-refractivity contribution in [1.82, 2.24) is 5.32 Å². The Bertz CT molecular complexity index is 965. The number of aryl methyl sites for hydroxylation is 2.